The number of hydrogen-bond donors (Lipinski definition) is 2. The Kier molecular flexibility index (Phi) is 11.0. The summed E-state index contributed by atoms with van der Waals surface area (Å²) in [6.45, 7) is 15.0. The SMILES string of the molecule is CCNC(=NCCCCn1ccnc1C)NCCC(OCC)C(C)C. The van der Waals surface area contributed by atoms with Gasteiger partial charge in [0.25, 0.3) is 0 Å². The predicted octanol–water partition coefficient (Wildman–Crippen LogP) is 2.98. The maximum Gasteiger partial charge on any atom is 0.191 e. The fourth-order valence-electron chi connectivity index (χ4n) is 2.72. The molecule has 6 heteroatoms. The third kappa shape index (κ3) is 8.91. The molecule has 1 unspecified atom stereocenters. The summed E-state index contributed by atoms with van der Waals surface area (Å²) < 4.78 is 7.98. The van der Waals surface area contributed by atoms with E-state index in [0.29, 0.717) is 12.0 Å². The largest absolute Gasteiger partial charge is 0.378 e. The minimum atomic E-state index is 0.304. The number of rotatable bonds is 12. The Morgan fingerprint density at radius 2 is 2.08 bits per heavy atom. The average molecular weight is 352 g/mol. The van der Waals surface area contributed by atoms with Crippen molar-refractivity contribution in [2.24, 2.45) is 10.9 Å². The third-order valence-electron chi connectivity index (χ3n) is 4.19. The molecule has 0 fully saturated rings. The molecule has 2 N–H and O–H groups in total. The van der Waals surface area contributed by atoms with Gasteiger partial charge >= 0.3 is 0 Å². The van der Waals surface area contributed by atoms with Crippen molar-refractivity contribution < 1.29 is 4.74 Å². The van der Waals surface area contributed by atoms with E-state index in [0.717, 1.165) is 63.8 Å². The number of aryl methyl sites for hydroxylation is 2. The molecule has 0 bridgehead atoms. The highest BCUT2D eigenvalue weighted by Gasteiger charge is 2.12. The van der Waals surface area contributed by atoms with E-state index in [-0.39, 0.29) is 0 Å². The lowest BCUT2D eigenvalue weighted by Crippen LogP contribution is -2.39. The maximum atomic E-state index is 5.80. The number of unbranched alkanes of at least 4 members (excludes halogenated alkanes) is 1. The molecule has 0 aliphatic rings. The lowest BCUT2D eigenvalue weighted by Gasteiger charge is -2.21. The van der Waals surface area contributed by atoms with E-state index in [2.05, 4.69) is 52.9 Å². The smallest absolute Gasteiger partial charge is 0.191 e. The van der Waals surface area contributed by atoms with Gasteiger partial charge in [0.05, 0.1) is 6.10 Å². The number of guanidine groups is 1. The molecule has 0 aliphatic heterocycles. The second-order valence-corrected chi connectivity index (χ2v) is 6.59. The maximum absolute atomic E-state index is 5.80. The zero-order chi connectivity index (χ0) is 18.5. The van der Waals surface area contributed by atoms with Crippen LogP contribution in [0.2, 0.25) is 0 Å². The molecule has 0 radical (unpaired) electrons. The van der Waals surface area contributed by atoms with Crippen LogP contribution in [-0.4, -0.2) is 47.9 Å². The summed E-state index contributed by atoms with van der Waals surface area (Å²) in [6.07, 6.45) is 7.37. The van der Waals surface area contributed by atoms with Gasteiger partial charge in [0, 0.05) is 45.2 Å². The molecule has 1 aromatic rings. The number of hydrogen-bond acceptors (Lipinski definition) is 3. The highest BCUT2D eigenvalue weighted by molar-refractivity contribution is 5.79. The number of aromatic nitrogens is 2. The minimum absolute atomic E-state index is 0.304. The van der Waals surface area contributed by atoms with Crippen LogP contribution in [0.4, 0.5) is 0 Å². The second-order valence-electron chi connectivity index (χ2n) is 6.59. The summed E-state index contributed by atoms with van der Waals surface area (Å²) in [5.41, 5.74) is 0. The van der Waals surface area contributed by atoms with Crippen molar-refractivity contribution >= 4 is 5.96 Å². The van der Waals surface area contributed by atoms with Crippen LogP contribution in [0.25, 0.3) is 0 Å². The zero-order valence-corrected chi connectivity index (χ0v) is 16.7. The van der Waals surface area contributed by atoms with E-state index in [9.17, 15) is 0 Å². The Morgan fingerprint density at radius 3 is 2.68 bits per heavy atom. The zero-order valence-electron chi connectivity index (χ0n) is 16.7. The summed E-state index contributed by atoms with van der Waals surface area (Å²) in [5, 5.41) is 6.74. The molecule has 0 aliphatic carbocycles. The number of aliphatic imine (C=N–C) groups is 1. The van der Waals surface area contributed by atoms with Gasteiger partial charge in [-0.25, -0.2) is 4.98 Å². The second kappa shape index (κ2) is 12.8. The van der Waals surface area contributed by atoms with Crippen LogP contribution in [0.3, 0.4) is 0 Å². The fourth-order valence-corrected chi connectivity index (χ4v) is 2.72. The monoisotopic (exact) mass is 351 g/mol. The van der Waals surface area contributed by atoms with Crippen molar-refractivity contribution in [3.05, 3.63) is 18.2 Å². The fraction of sp³-hybridized carbons (Fsp3) is 0.789. The lowest BCUT2D eigenvalue weighted by atomic mass is 10.0. The van der Waals surface area contributed by atoms with E-state index < -0.39 is 0 Å². The minimum Gasteiger partial charge on any atom is -0.378 e. The summed E-state index contributed by atoms with van der Waals surface area (Å²) >= 11 is 0. The van der Waals surface area contributed by atoms with Gasteiger partial charge < -0.3 is 19.9 Å². The highest BCUT2D eigenvalue weighted by atomic mass is 16.5. The van der Waals surface area contributed by atoms with Gasteiger partial charge in [0.1, 0.15) is 5.82 Å². The van der Waals surface area contributed by atoms with Crippen molar-refractivity contribution in [2.45, 2.75) is 66.5 Å². The first-order valence-electron chi connectivity index (χ1n) is 9.69. The number of imidazole rings is 1. The van der Waals surface area contributed by atoms with Crippen LogP contribution in [0.1, 0.15) is 52.8 Å². The van der Waals surface area contributed by atoms with Gasteiger partial charge in [-0.3, -0.25) is 4.99 Å². The van der Waals surface area contributed by atoms with Gasteiger partial charge in [-0.1, -0.05) is 13.8 Å². The quantitative estimate of drug-likeness (QED) is 0.345. The lowest BCUT2D eigenvalue weighted by molar-refractivity contribution is 0.0258. The molecular formula is C19H37N5O. The Hall–Kier alpha value is -1.56. The molecule has 6 nitrogen and oxygen atoms in total. The molecule has 144 valence electrons. The van der Waals surface area contributed by atoms with E-state index in [1.165, 1.54) is 0 Å². The molecule has 1 atom stereocenters. The molecule has 1 heterocycles. The van der Waals surface area contributed by atoms with E-state index in [4.69, 9.17) is 4.74 Å². The molecule has 0 aromatic carbocycles. The van der Waals surface area contributed by atoms with Gasteiger partial charge in [-0.15, -0.1) is 0 Å². The van der Waals surface area contributed by atoms with Crippen LogP contribution in [0.15, 0.2) is 17.4 Å². The van der Waals surface area contributed by atoms with Gasteiger partial charge in [0.2, 0.25) is 0 Å². The van der Waals surface area contributed by atoms with Crippen molar-refractivity contribution in [2.75, 3.05) is 26.2 Å². The Morgan fingerprint density at radius 1 is 1.28 bits per heavy atom. The Bertz CT molecular complexity index is 484. The van der Waals surface area contributed by atoms with Crippen LogP contribution < -0.4 is 10.6 Å². The molecular weight excluding hydrogens is 314 g/mol. The Balaban J connectivity index is 2.29. The standard InChI is InChI=1S/C19H37N5O/c1-6-20-19(23-12-10-18(16(3)4)25-7-2)22-11-8-9-14-24-15-13-21-17(24)5/h13,15-16,18H,6-12,14H2,1-5H3,(H2,20,22,23). The van der Waals surface area contributed by atoms with Crippen molar-refractivity contribution in [1.82, 2.24) is 20.2 Å². The molecule has 25 heavy (non-hydrogen) atoms. The van der Waals surface area contributed by atoms with Gasteiger partial charge in [-0.2, -0.15) is 0 Å². The van der Waals surface area contributed by atoms with E-state index >= 15 is 0 Å². The van der Waals surface area contributed by atoms with Crippen molar-refractivity contribution in [3.8, 4) is 0 Å². The summed E-state index contributed by atoms with van der Waals surface area (Å²) in [6, 6.07) is 0. The molecule has 0 amide bonds. The van der Waals surface area contributed by atoms with Crippen molar-refractivity contribution in [1.29, 1.82) is 0 Å². The number of ether oxygens (including phenoxy) is 1. The molecule has 1 rings (SSSR count). The van der Waals surface area contributed by atoms with E-state index in [1.807, 2.05) is 19.3 Å². The summed E-state index contributed by atoms with van der Waals surface area (Å²) in [7, 11) is 0. The van der Waals surface area contributed by atoms with Crippen LogP contribution in [-0.2, 0) is 11.3 Å². The average Bonchev–Trinajstić information content (AvgIpc) is 2.98. The first-order chi connectivity index (χ1) is 12.1. The van der Waals surface area contributed by atoms with Gasteiger partial charge in [0.15, 0.2) is 5.96 Å². The van der Waals surface area contributed by atoms with Crippen LogP contribution in [0, 0.1) is 12.8 Å². The van der Waals surface area contributed by atoms with E-state index in [1.54, 1.807) is 0 Å². The first-order valence-corrected chi connectivity index (χ1v) is 9.69. The number of nitrogens with one attached hydrogen (secondary N) is 2. The molecule has 0 spiro atoms. The normalized spacial score (nSPS) is 13.3. The van der Waals surface area contributed by atoms with Gasteiger partial charge in [-0.05, 0) is 46.0 Å². The first kappa shape index (κ1) is 21.5. The summed E-state index contributed by atoms with van der Waals surface area (Å²) in [5.74, 6) is 2.51. The van der Waals surface area contributed by atoms with Crippen molar-refractivity contribution in [3.63, 3.8) is 0 Å². The third-order valence-corrected chi connectivity index (χ3v) is 4.19. The molecule has 0 saturated heterocycles. The van der Waals surface area contributed by atoms with Crippen LogP contribution >= 0.6 is 0 Å². The number of nitrogens with zero attached hydrogens (tertiary/aromatic N) is 3. The summed E-state index contributed by atoms with van der Waals surface area (Å²) in [4.78, 5) is 8.92. The molecule has 1 aromatic heterocycles. The Labute approximate surface area is 153 Å². The van der Waals surface area contributed by atoms with Crippen LogP contribution in [0.5, 0.6) is 0 Å². The molecule has 0 saturated carbocycles. The topological polar surface area (TPSA) is 63.5 Å². The predicted molar refractivity (Wildman–Crippen MR) is 105 cm³/mol. The highest BCUT2D eigenvalue weighted by Crippen LogP contribution is 2.09.